The van der Waals surface area contributed by atoms with E-state index < -0.39 is 0 Å². The Kier molecular flexibility index (Phi) is 5.11. The van der Waals surface area contributed by atoms with Crippen molar-refractivity contribution in [3.8, 4) is 6.07 Å². The third-order valence-electron chi connectivity index (χ3n) is 3.71. The van der Waals surface area contributed by atoms with E-state index in [4.69, 9.17) is 5.26 Å². The number of nitrogens with one attached hydrogen (secondary N) is 1. The topological polar surface area (TPSA) is 35.8 Å². The second-order valence-corrected chi connectivity index (χ2v) is 5.14. The summed E-state index contributed by atoms with van der Waals surface area (Å²) in [4.78, 5) is 0. The van der Waals surface area contributed by atoms with Gasteiger partial charge in [-0.25, -0.2) is 0 Å². The summed E-state index contributed by atoms with van der Waals surface area (Å²) >= 11 is 0. The highest BCUT2D eigenvalue weighted by molar-refractivity contribution is 4.87. The van der Waals surface area contributed by atoms with Gasteiger partial charge in [0.05, 0.1) is 12.5 Å². The minimum Gasteiger partial charge on any atom is -0.310 e. The van der Waals surface area contributed by atoms with Crippen LogP contribution in [0.4, 0.5) is 0 Å². The third kappa shape index (κ3) is 3.83. The van der Waals surface area contributed by atoms with Gasteiger partial charge in [-0.1, -0.05) is 20.8 Å². The Morgan fingerprint density at radius 2 is 2.13 bits per heavy atom. The fourth-order valence-corrected chi connectivity index (χ4v) is 2.65. The van der Waals surface area contributed by atoms with Crippen molar-refractivity contribution in [2.24, 2.45) is 11.8 Å². The summed E-state index contributed by atoms with van der Waals surface area (Å²) in [7, 11) is 0. The van der Waals surface area contributed by atoms with Gasteiger partial charge in [0, 0.05) is 12.1 Å². The number of rotatable bonds is 4. The first kappa shape index (κ1) is 12.5. The second-order valence-electron chi connectivity index (χ2n) is 5.14. The lowest BCUT2D eigenvalue weighted by molar-refractivity contribution is 0.212. The molecule has 0 radical (unpaired) electrons. The van der Waals surface area contributed by atoms with E-state index in [2.05, 4.69) is 32.2 Å². The zero-order chi connectivity index (χ0) is 11.3. The minimum absolute atomic E-state index is 0.399. The van der Waals surface area contributed by atoms with Crippen LogP contribution in [0.2, 0.25) is 0 Å². The SMILES string of the molecule is CCC(CC#N)NC1CCC(C)CC1C. The van der Waals surface area contributed by atoms with Gasteiger partial charge in [-0.3, -0.25) is 0 Å². The zero-order valence-electron chi connectivity index (χ0n) is 10.3. The average molecular weight is 208 g/mol. The molecule has 1 saturated carbocycles. The van der Waals surface area contributed by atoms with E-state index in [-0.39, 0.29) is 0 Å². The van der Waals surface area contributed by atoms with E-state index in [1.807, 2.05) is 0 Å². The van der Waals surface area contributed by atoms with Crippen LogP contribution >= 0.6 is 0 Å². The van der Waals surface area contributed by atoms with Crippen molar-refractivity contribution in [1.29, 1.82) is 5.26 Å². The number of hydrogen-bond donors (Lipinski definition) is 1. The summed E-state index contributed by atoms with van der Waals surface area (Å²) in [5.74, 6) is 1.65. The lowest BCUT2D eigenvalue weighted by Gasteiger charge is -2.35. The standard InChI is InChI=1S/C13H24N2/c1-4-12(7-8-14)15-13-6-5-10(2)9-11(13)3/h10-13,15H,4-7,9H2,1-3H3. The van der Waals surface area contributed by atoms with E-state index in [1.54, 1.807) is 0 Å². The Morgan fingerprint density at radius 1 is 1.40 bits per heavy atom. The molecule has 4 atom stereocenters. The van der Waals surface area contributed by atoms with Crippen LogP contribution in [0.3, 0.4) is 0 Å². The summed E-state index contributed by atoms with van der Waals surface area (Å²) in [6.45, 7) is 6.84. The normalized spacial score (nSPS) is 33.3. The molecular formula is C13H24N2. The maximum absolute atomic E-state index is 8.72. The number of nitrogens with zero attached hydrogens (tertiary/aromatic N) is 1. The Bertz CT molecular complexity index is 219. The smallest absolute Gasteiger partial charge is 0.0638 e. The lowest BCUT2D eigenvalue weighted by atomic mass is 9.79. The monoisotopic (exact) mass is 208 g/mol. The predicted octanol–water partition coefficient (Wildman–Crippen LogP) is 3.09. The molecule has 0 aromatic rings. The predicted molar refractivity (Wildman–Crippen MR) is 63.4 cm³/mol. The van der Waals surface area contributed by atoms with Crippen molar-refractivity contribution >= 4 is 0 Å². The molecule has 2 heteroatoms. The highest BCUT2D eigenvalue weighted by Crippen LogP contribution is 2.29. The van der Waals surface area contributed by atoms with Crippen LogP contribution in [0.15, 0.2) is 0 Å². The minimum atomic E-state index is 0.399. The first-order chi connectivity index (χ1) is 7.17. The Hall–Kier alpha value is -0.550. The molecule has 0 bridgehead atoms. The zero-order valence-corrected chi connectivity index (χ0v) is 10.3. The average Bonchev–Trinajstić information content (AvgIpc) is 2.21. The molecule has 1 fully saturated rings. The summed E-state index contributed by atoms with van der Waals surface area (Å²) in [6, 6.07) is 3.31. The Labute approximate surface area is 94.1 Å². The molecular weight excluding hydrogens is 184 g/mol. The maximum atomic E-state index is 8.72. The van der Waals surface area contributed by atoms with Crippen LogP contribution in [0, 0.1) is 23.2 Å². The van der Waals surface area contributed by atoms with E-state index in [0.717, 1.165) is 18.3 Å². The summed E-state index contributed by atoms with van der Waals surface area (Å²) < 4.78 is 0. The van der Waals surface area contributed by atoms with Crippen molar-refractivity contribution < 1.29 is 0 Å². The van der Waals surface area contributed by atoms with Crippen molar-refractivity contribution in [1.82, 2.24) is 5.32 Å². The maximum Gasteiger partial charge on any atom is 0.0638 e. The molecule has 2 nitrogen and oxygen atoms in total. The van der Waals surface area contributed by atoms with Gasteiger partial charge in [0.2, 0.25) is 0 Å². The quantitative estimate of drug-likeness (QED) is 0.770. The van der Waals surface area contributed by atoms with Gasteiger partial charge >= 0.3 is 0 Å². The molecule has 1 aliphatic rings. The molecule has 0 spiro atoms. The van der Waals surface area contributed by atoms with Crippen LogP contribution in [0.1, 0.15) is 52.9 Å². The van der Waals surface area contributed by atoms with Crippen LogP contribution in [-0.2, 0) is 0 Å². The van der Waals surface area contributed by atoms with Crippen molar-refractivity contribution in [3.05, 3.63) is 0 Å². The molecule has 0 amide bonds. The summed E-state index contributed by atoms with van der Waals surface area (Å²) in [5.41, 5.74) is 0. The van der Waals surface area contributed by atoms with Crippen molar-refractivity contribution in [2.45, 2.75) is 65.0 Å². The highest BCUT2D eigenvalue weighted by Gasteiger charge is 2.26. The second kappa shape index (κ2) is 6.12. The van der Waals surface area contributed by atoms with Crippen molar-refractivity contribution in [3.63, 3.8) is 0 Å². The fourth-order valence-electron chi connectivity index (χ4n) is 2.65. The van der Waals surface area contributed by atoms with Gasteiger partial charge in [0.25, 0.3) is 0 Å². The van der Waals surface area contributed by atoms with Crippen molar-refractivity contribution in [2.75, 3.05) is 0 Å². The Morgan fingerprint density at radius 3 is 2.67 bits per heavy atom. The number of nitriles is 1. The molecule has 86 valence electrons. The molecule has 4 unspecified atom stereocenters. The lowest BCUT2D eigenvalue weighted by Crippen LogP contribution is -2.44. The summed E-state index contributed by atoms with van der Waals surface area (Å²) in [5, 5.41) is 12.4. The molecule has 0 aliphatic heterocycles. The Balaban J connectivity index is 2.40. The van der Waals surface area contributed by atoms with Crippen LogP contribution in [-0.4, -0.2) is 12.1 Å². The fraction of sp³-hybridized carbons (Fsp3) is 0.923. The van der Waals surface area contributed by atoms with Gasteiger partial charge in [-0.2, -0.15) is 5.26 Å². The van der Waals surface area contributed by atoms with E-state index in [9.17, 15) is 0 Å². The van der Waals surface area contributed by atoms with Gasteiger partial charge in [0.1, 0.15) is 0 Å². The molecule has 0 aromatic heterocycles. The molecule has 0 aromatic carbocycles. The van der Waals surface area contributed by atoms with Gasteiger partial charge in [0.15, 0.2) is 0 Å². The largest absolute Gasteiger partial charge is 0.310 e. The molecule has 0 heterocycles. The van der Waals surface area contributed by atoms with Gasteiger partial charge in [-0.05, 0) is 37.5 Å². The molecule has 1 rings (SSSR count). The highest BCUT2D eigenvalue weighted by atomic mass is 15.0. The van der Waals surface area contributed by atoms with Gasteiger partial charge in [-0.15, -0.1) is 0 Å². The van der Waals surface area contributed by atoms with E-state index in [0.29, 0.717) is 18.5 Å². The first-order valence-corrected chi connectivity index (χ1v) is 6.30. The molecule has 1 aliphatic carbocycles. The number of hydrogen-bond acceptors (Lipinski definition) is 2. The summed E-state index contributed by atoms with van der Waals surface area (Å²) in [6.07, 6.45) is 5.66. The third-order valence-corrected chi connectivity index (χ3v) is 3.71. The first-order valence-electron chi connectivity index (χ1n) is 6.30. The van der Waals surface area contributed by atoms with E-state index in [1.165, 1.54) is 19.3 Å². The van der Waals surface area contributed by atoms with Crippen LogP contribution < -0.4 is 5.32 Å². The molecule has 15 heavy (non-hydrogen) atoms. The molecule has 0 saturated heterocycles. The molecule has 1 N–H and O–H groups in total. The van der Waals surface area contributed by atoms with Gasteiger partial charge < -0.3 is 5.32 Å². The van der Waals surface area contributed by atoms with Crippen LogP contribution in [0.5, 0.6) is 0 Å². The van der Waals surface area contributed by atoms with Crippen LogP contribution in [0.25, 0.3) is 0 Å². The van der Waals surface area contributed by atoms with E-state index >= 15 is 0 Å².